The van der Waals surface area contributed by atoms with Gasteiger partial charge in [0, 0.05) is 0 Å². The van der Waals surface area contributed by atoms with Gasteiger partial charge in [0.05, 0.1) is 6.04 Å². The molecule has 0 aliphatic heterocycles. The molecule has 0 saturated heterocycles. The number of nitrogens with zero attached hydrogens (tertiary/aromatic N) is 1. The Labute approximate surface area is 63.6 Å². The summed E-state index contributed by atoms with van der Waals surface area (Å²) < 4.78 is 4.66. The Hall–Kier alpha value is -1.10. The zero-order valence-corrected chi connectivity index (χ0v) is 6.50. The van der Waals surface area contributed by atoms with Crippen LogP contribution >= 0.6 is 0 Å². The summed E-state index contributed by atoms with van der Waals surface area (Å²) in [5, 5.41) is 5.76. The second-order valence-corrected chi connectivity index (χ2v) is 2.72. The molecular weight excluding hydrogens is 146 g/mol. The van der Waals surface area contributed by atoms with Crippen molar-refractivity contribution in [1.82, 2.24) is 10.2 Å². The van der Waals surface area contributed by atoms with E-state index in [9.17, 15) is 4.79 Å². The number of hydrogen-bond donors (Lipinski definition) is 2. The molecule has 5 heteroatoms. The third kappa shape index (κ3) is 1.68. The first-order chi connectivity index (χ1) is 5.11. The second kappa shape index (κ2) is 2.87. The first-order valence-electron chi connectivity index (χ1n) is 3.42. The van der Waals surface area contributed by atoms with Crippen LogP contribution in [0.2, 0.25) is 0 Å². The third-order valence-corrected chi connectivity index (χ3v) is 1.46. The van der Waals surface area contributed by atoms with E-state index >= 15 is 0 Å². The highest BCUT2D eigenvalue weighted by Gasteiger charge is 2.15. The van der Waals surface area contributed by atoms with Gasteiger partial charge in [-0.15, -0.1) is 5.10 Å². The van der Waals surface area contributed by atoms with Crippen molar-refractivity contribution in [3.05, 3.63) is 16.4 Å². The van der Waals surface area contributed by atoms with E-state index in [0.717, 1.165) is 0 Å². The fourth-order valence-electron chi connectivity index (χ4n) is 0.669. The van der Waals surface area contributed by atoms with Crippen LogP contribution in [-0.2, 0) is 0 Å². The van der Waals surface area contributed by atoms with Crippen LogP contribution in [0.25, 0.3) is 0 Å². The smallest absolute Gasteiger partial charge is 0.391 e. The van der Waals surface area contributed by atoms with Crippen molar-refractivity contribution in [2.75, 3.05) is 0 Å². The largest absolute Gasteiger partial charge is 0.434 e. The number of aromatic amines is 1. The van der Waals surface area contributed by atoms with Crippen molar-refractivity contribution in [1.29, 1.82) is 0 Å². The van der Waals surface area contributed by atoms with Crippen molar-refractivity contribution in [2.24, 2.45) is 11.7 Å². The quantitative estimate of drug-likeness (QED) is 0.633. The Bertz CT molecular complexity index is 275. The van der Waals surface area contributed by atoms with Gasteiger partial charge in [-0.05, 0) is 5.92 Å². The molecule has 0 saturated carbocycles. The van der Waals surface area contributed by atoms with Crippen LogP contribution in [0, 0.1) is 5.92 Å². The predicted octanol–water partition coefficient (Wildman–Crippen LogP) is 0.0187. The molecule has 3 N–H and O–H groups in total. The van der Waals surface area contributed by atoms with E-state index in [2.05, 4.69) is 14.6 Å². The SMILES string of the molecule is CC(C)[C@H](N)c1n[nH]c(=O)o1. The molecule has 1 aromatic rings. The minimum atomic E-state index is -0.559. The van der Waals surface area contributed by atoms with E-state index in [4.69, 9.17) is 5.73 Å². The predicted molar refractivity (Wildman–Crippen MR) is 38.9 cm³/mol. The summed E-state index contributed by atoms with van der Waals surface area (Å²) in [6.07, 6.45) is 0. The van der Waals surface area contributed by atoms with Gasteiger partial charge in [-0.1, -0.05) is 13.8 Å². The highest BCUT2D eigenvalue weighted by molar-refractivity contribution is 4.85. The monoisotopic (exact) mass is 157 g/mol. The molecule has 1 atom stereocenters. The van der Waals surface area contributed by atoms with Gasteiger partial charge in [0.1, 0.15) is 0 Å². The molecule has 0 aromatic carbocycles. The van der Waals surface area contributed by atoms with Crippen molar-refractivity contribution >= 4 is 0 Å². The summed E-state index contributed by atoms with van der Waals surface area (Å²) in [7, 11) is 0. The van der Waals surface area contributed by atoms with Crippen LogP contribution in [0.5, 0.6) is 0 Å². The molecule has 0 aliphatic carbocycles. The maximum absolute atomic E-state index is 10.5. The van der Waals surface area contributed by atoms with Crippen molar-refractivity contribution in [2.45, 2.75) is 19.9 Å². The molecule has 62 valence electrons. The number of rotatable bonds is 2. The second-order valence-electron chi connectivity index (χ2n) is 2.72. The summed E-state index contributed by atoms with van der Waals surface area (Å²) in [6.45, 7) is 3.86. The number of hydrogen-bond acceptors (Lipinski definition) is 4. The molecule has 0 amide bonds. The Morgan fingerprint density at radius 1 is 1.64 bits per heavy atom. The van der Waals surface area contributed by atoms with E-state index in [1.807, 2.05) is 13.8 Å². The van der Waals surface area contributed by atoms with Gasteiger partial charge in [-0.2, -0.15) is 0 Å². The Morgan fingerprint density at radius 3 is 2.64 bits per heavy atom. The summed E-state index contributed by atoms with van der Waals surface area (Å²) >= 11 is 0. The van der Waals surface area contributed by atoms with Crippen LogP contribution in [0.3, 0.4) is 0 Å². The normalized spacial score (nSPS) is 13.8. The summed E-state index contributed by atoms with van der Waals surface area (Å²) in [4.78, 5) is 10.5. The summed E-state index contributed by atoms with van der Waals surface area (Å²) in [5.74, 6) is -0.0810. The molecule has 0 bridgehead atoms. The van der Waals surface area contributed by atoms with Crippen LogP contribution in [0.15, 0.2) is 9.21 Å². The zero-order valence-electron chi connectivity index (χ0n) is 6.50. The van der Waals surface area contributed by atoms with Crippen molar-refractivity contribution in [3.63, 3.8) is 0 Å². The van der Waals surface area contributed by atoms with Crippen LogP contribution in [-0.4, -0.2) is 10.2 Å². The Balaban J connectivity index is 2.84. The standard InChI is InChI=1S/C6H11N3O2/c1-3(2)4(7)5-8-9-6(10)11-5/h3-4H,7H2,1-2H3,(H,9,10)/t4-/m0/s1. The molecule has 0 unspecified atom stereocenters. The fraction of sp³-hybridized carbons (Fsp3) is 0.667. The molecule has 0 fully saturated rings. The van der Waals surface area contributed by atoms with Gasteiger partial charge >= 0.3 is 5.76 Å². The van der Waals surface area contributed by atoms with Gasteiger partial charge in [-0.3, -0.25) is 0 Å². The number of nitrogens with one attached hydrogen (secondary N) is 1. The van der Waals surface area contributed by atoms with Gasteiger partial charge in [0.15, 0.2) is 0 Å². The van der Waals surface area contributed by atoms with E-state index < -0.39 is 5.76 Å². The van der Waals surface area contributed by atoms with E-state index in [1.54, 1.807) is 0 Å². The van der Waals surface area contributed by atoms with Gasteiger partial charge < -0.3 is 10.2 Å². The fourth-order valence-corrected chi connectivity index (χ4v) is 0.669. The maximum atomic E-state index is 10.5. The van der Waals surface area contributed by atoms with Crippen molar-refractivity contribution in [3.8, 4) is 0 Å². The molecule has 5 nitrogen and oxygen atoms in total. The van der Waals surface area contributed by atoms with Crippen LogP contribution in [0.4, 0.5) is 0 Å². The highest BCUT2D eigenvalue weighted by atomic mass is 16.4. The average Bonchev–Trinajstić information content (AvgIpc) is 2.34. The maximum Gasteiger partial charge on any atom is 0.434 e. The van der Waals surface area contributed by atoms with E-state index in [0.29, 0.717) is 0 Å². The first-order valence-corrected chi connectivity index (χ1v) is 3.42. The lowest BCUT2D eigenvalue weighted by Gasteiger charge is -2.08. The van der Waals surface area contributed by atoms with Gasteiger partial charge in [0.2, 0.25) is 5.89 Å². The molecule has 11 heavy (non-hydrogen) atoms. The third-order valence-electron chi connectivity index (χ3n) is 1.46. The minimum Gasteiger partial charge on any atom is -0.391 e. The lowest BCUT2D eigenvalue weighted by molar-refractivity contribution is 0.375. The molecule has 1 rings (SSSR count). The van der Waals surface area contributed by atoms with E-state index in [1.165, 1.54) is 0 Å². The molecule has 0 spiro atoms. The van der Waals surface area contributed by atoms with Crippen LogP contribution < -0.4 is 11.5 Å². The lowest BCUT2D eigenvalue weighted by Crippen LogP contribution is -2.17. The minimum absolute atomic E-state index is 0.210. The zero-order chi connectivity index (χ0) is 8.43. The molecule has 1 aromatic heterocycles. The Kier molecular flexibility index (Phi) is 2.09. The topological polar surface area (TPSA) is 84.9 Å². The average molecular weight is 157 g/mol. The first kappa shape index (κ1) is 8.00. The van der Waals surface area contributed by atoms with Gasteiger partial charge in [0.25, 0.3) is 0 Å². The molecule has 0 radical (unpaired) electrons. The lowest BCUT2D eigenvalue weighted by atomic mass is 10.1. The number of aromatic nitrogens is 2. The van der Waals surface area contributed by atoms with Crippen LogP contribution in [0.1, 0.15) is 25.8 Å². The number of H-pyrrole nitrogens is 1. The molecule has 1 heterocycles. The van der Waals surface area contributed by atoms with Gasteiger partial charge in [-0.25, -0.2) is 9.89 Å². The molecular formula is C6H11N3O2. The highest BCUT2D eigenvalue weighted by Crippen LogP contribution is 2.13. The summed E-state index contributed by atoms with van der Waals surface area (Å²) in [5.41, 5.74) is 5.64. The molecule has 0 aliphatic rings. The summed E-state index contributed by atoms with van der Waals surface area (Å²) in [6, 6.07) is -0.311. The Morgan fingerprint density at radius 2 is 2.27 bits per heavy atom. The number of nitrogens with two attached hydrogens (primary N) is 1. The van der Waals surface area contributed by atoms with Crippen molar-refractivity contribution < 1.29 is 4.42 Å². The van der Waals surface area contributed by atoms with E-state index in [-0.39, 0.29) is 17.9 Å².